The highest BCUT2D eigenvalue weighted by Crippen LogP contribution is 2.05. The van der Waals surface area contributed by atoms with Crippen LogP contribution in [0.3, 0.4) is 0 Å². The summed E-state index contributed by atoms with van der Waals surface area (Å²) in [4.78, 5) is 2.36. The minimum Gasteiger partial charge on any atom is -0.302 e. The number of halogens is 1. The van der Waals surface area contributed by atoms with Crippen LogP contribution in [0.4, 0.5) is 0 Å². The predicted octanol–water partition coefficient (Wildman–Crippen LogP) is 3.78. The van der Waals surface area contributed by atoms with Gasteiger partial charge in [-0.05, 0) is 24.6 Å². The van der Waals surface area contributed by atoms with Gasteiger partial charge in [-0.15, -0.1) is 12.4 Å². The zero-order chi connectivity index (χ0) is 11.9. The van der Waals surface area contributed by atoms with Gasteiger partial charge in [0.15, 0.2) is 0 Å². The lowest BCUT2D eigenvalue weighted by Crippen LogP contribution is -2.20. The standard InChI is InChI=1S/C16H19N.ClH/c1-17(14-16-10-6-3-7-11-16)13-12-15-8-4-2-5-9-15;/h2-11H,12-14H2,1H3;1H. The number of benzene rings is 2. The van der Waals surface area contributed by atoms with Gasteiger partial charge in [0.25, 0.3) is 0 Å². The Morgan fingerprint density at radius 1 is 0.778 bits per heavy atom. The lowest BCUT2D eigenvalue weighted by molar-refractivity contribution is 0.331. The first-order chi connectivity index (χ1) is 8.34. The molecule has 0 saturated carbocycles. The summed E-state index contributed by atoms with van der Waals surface area (Å²) >= 11 is 0. The fraction of sp³-hybridized carbons (Fsp3) is 0.250. The van der Waals surface area contributed by atoms with Crippen LogP contribution in [0.5, 0.6) is 0 Å². The van der Waals surface area contributed by atoms with Crippen molar-refractivity contribution >= 4 is 12.4 Å². The molecule has 1 nitrogen and oxygen atoms in total. The van der Waals surface area contributed by atoms with Crippen molar-refractivity contribution in [3.8, 4) is 0 Å². The molecule has 18 heavy (non-hydrogen) atoms. The third-order valence-electron chi connectivity index (χ3n) is 2.92. The largest absolute Gasteiger partial charge is 0.302 e. The van der Waals surface area contributed by atoms with E-state index in [1.807, 2.05) is 0 Å². The van der Waals surface area contributed by atoms with Crippen LogP contribution in [0.15, 0.2) is 60.7 Å². The van der Waals surface area contributed by atoms with Crippen LogP contribution in [-0.4, -0.2) is 18.5 Å². The average molecular weight is 262 g/mol. The third kappa shape index (κ3) is 4.91. The van der Waals surface area contributed by atoms with Gasteiger partial charge < -0.3 is 4.90 Å². The number of nitrogens with zero attached hydrogens (tertiary/aromatic N) is 1. The summed E-state index contributed by atoms with van der Waals surface area (Å²) in [5.74, 6) is 0. The second-order valence-corrected chi connectivity index (χ2v) is 4.46. The van der Waals surface area contributed by atoms with Crippen LogP contribution in [0.1, 0.15) is 11.1 Å². The molecule has 0 bridgehead atoms. The normalized spacial score (nSPS) is 10.1. The maximum Gasteiger partial charge on any atom is 0.0230 e. The molecule has 0 aliphatic carbocycles. The quantitative estimate of drug-likeness (QED) is 0.792. The molecule has 0 spiro atoms. The summed E-state index contributed by atoms with van der Waals surface area (Å²) in [7, 11) is 2.18. The molecule has 2 rings (SSSR count). The Kier molecular flexibility index (Phi) is 6.48. The Labute approximate surface area is 116 Å². The second kappa shape index (κ2) is 7.91. The summed E-state index contributed by atoms with van der Waals surface area (Å²) in [6.07, 6.45) is 1.12. The van der Waals surface area contributed by atoms with E-state index in [4.69, 9.17) is 0 Å². The first-order valence-electron chi connectivity index (χ1n) is 6.11. The molecule has 0 fully saturated rings. The zero-order valence-electron chi connectivity index (χ0n) is 10.8. The molecule has 0 radical (unpaired) electrons. The Morgan fingerprint density at radius 2 is 1.28 bits per heavy atom. The molecule has 0 N–H and O–H groups in total. The zero-order valence-corrected chi connectivity index (χ0v) is 11.6. The number of rotatable bonds is 5. The highest BCUT2D eigenvalue weighted by atomic mass is 35.5. The minimum absolute atomic E-state index is 0. The van der Waals surface area contributed by atoms with Gasteiger partial charge in [0.05, 0.1) is 0 Å². The van der Waals surface area contributed by atoms with Gasteiger partial charge in [-0.2, -0.15) is 0 Å². The van der Waals surface area contributed by atoms with Gasteiger partial charge in [-0.3, -0.25) is 0 Å². The Hall–Kier alpha value is -1.31. The van der Waals surface area contributed by atoms with Gasteiger partial charge in [0.1, 0.15) is 0 Å². The van der Waals surface area contributed by atoms with E-state index in [0.29, 0.717) is 0 Å². The molecule has 2 aromatic carbocycles. The number of hydrogen-bond donors (Lipinski definition) is 0. The summed E-state index contributed by atoms with van der Waals surface area (Å²) in [5.41, 5.74) is 2.79. The van der Waals surface area contributed by atoms with E-state index < -0.39 is 0 Å². The first-order valence-corrected chi connectivity index (χ1v) is 6.11. The monoisotopic (exact) mass is 261 g/mol. The summed E-state index contributed by atoms with van der Waals surface area (Å²) in [6, 6.07) is 21.3. The summed E-state index contributed by atoms with van der Waals surface area (Å²) in [5, 5.41) is 0. The van der Waals surface area contributed by atoms with Crippen molar-refractivity contribution in [2.24, 2.45) is 0 Å². The molecular weight excluding hydrogens is 242 g/mol. The van der Waals surface area contributed by atoms with Crippen LogP contribution < -0.4 is 0 Å². The highest BCUT2D eigenvalue weighted by Gasteiger charge is 2.00. The first kappa shape index (κ1) is 14.7. The lowest BCUT2D eigenvalue weighted by Gasteiger charge is -2.16. The average Bonchev–Trinajstić information content (AvgIpc) is 2.39. The van der Waals surface area contributed by atoms with Crippen LogP contribution >= 0.6 is 12.4 Å². The Morgan fingerprint density at radius 3 is 1.83 bits per heavy atom. The molecule has 2 aromatic rings. The lowest BCUT2D eigenvalue weighted by atomic mass is 10.1. The maximum absolute atomic E-state index is 2.36. The van der Waals surface area contributed by atoms with Crippen molar-refractivity contribution in [1.82, 2.24) is 4.90 Å². The van der Waals surface area contributed by atoms with Gasteiger partial charge >= 0.3 is 0 Å². The predicted molar refractivity (Wildman–Crippen MR) is 80.2 cm³/mol. The number of hydrogen-bond acceptors (Lipinski definition) is 1. The molecule has 96 valence electrons. The molecule has 0 atom stereocenters. The van der Waals surface area contributed by atoms with E-state index in [-0.39, 0.29) is 12.4 Å². The Bertz CT molecular complexity index is 427. The van der Waals surface area contributed by atoms with E-state index in [2.05, 4.69) is 72.6 Å². The van der Waals surface area contributed by atoms with Crippen molar-refractivity contribution in [3.63, 3.8) is 0 Å². The molecule has 0 saturated heterocycles. The van der Waals surface area contributed by atoms with Crippen LogP contribution in [0, 0.1) is 0 Å². The van der Waals surface area contributed by atoms with Gasteiger partial charge in [0, 0.05) is 13.1 Å². The molecule has 0 aliphatic rings. The van der Waals surface area contributed by atoms with Crippen molar-refractivity contribution in [2.45, 2.75) is 13.0 Å². The second-order valence-electron chi connectivity index (χ2n) is 4.46. The molecule has 0 aromatic heterocycles. The smallest absolute Gasteiger partial charge is 0.0230 e. The van der Waals surface area contributed by atoms with Crippen molar-refractivity contribution in [1.29, 1.82) is 0 Å². The van der Waals surface area contributed by atoms with Gasteiger partial charge in [-0.1, -0.05) is 60.7 Å². The van der Waals surface area contributed by atoms with E-state index >= 15 is 0 Å². The summed E-state index contributed by atoms with van der Waals surface area (Å²) in [6.45, 7) is 2.12. The SMILES string of the molecule is CN(CCc1ccccc1)Cc1ccccc1.Cl. The van der Waals surface area contributed by atoms with Crippen molar-refractivity contribution in [2.75, 3.05) is 13.6 Å². The minimum atomic E-state index is 0. The van der Waals surface area contributed by atoms with E-state index in [1.165, 1.54) is 11.1 Å². The van der Waals surface area contributed by atoms with Crippen LogP contribution in [-0.2, 0) is 13.0 Å². The van der Waals surface area contributed by atoms with E-state index in [0.717, 1.165) is 19.5 Å². The maximum atomic E-state index is 2.36. The molecule has 0 heterocycles. The number of likely N-dealkylation sites (N-methyl/N-ethyl adjacent to an activating group) is 1. The molecule has 0 amide bonds. The fourth-order valence-corrected chi connectivity index (χ4v) is 1.94. The van der Waals surface area contributed by atoms with Crippen LogP contribution in [0.25, 0.3) is 0 Å². The van der Waals surface area contributed by atoms with E-state index in [1.54, 1.807) is 0 Å². The van der Waals surface area contributed by atoms with Crippen molar-refractivity contribution < 1.29 is 0 Å². The fourth-order valence-electron chi connectivity index (χ4n) is 1.94. The molecular formula is C16H20ClN. The van der Waals surface area contributed by atoms with Gasteiger partial charge in [0.2, 0.25) is 0 Å². The third-order valence-corrected chi connectivity index (χ3v) is 2.92. The van der Waals surface area contributed by atoms with Gasteiger partial charge in [-0.25, -0.2) is 0 Å². The summed E-state index contributed by atoms with van der Waals surface area (Å²) < 4.78 is 0. The molecule has 2 heteroatoms. The molecule has 0 unspecified atom stereocenters. The van der Waals surface area contributed by atoms with Crippen LogP contribution in [0.2, 0.25) is 0 Å². The highest BCUT2D eigenvalue weighted by molar-refractivity contribution is 5.85. The molecule has 0 aliphatic heterocycles. The van der Waals surface area contributed by atoms with Crippen molar-refractivity contribution in [3.05, 3.63) is 71.8 Å². The Balaban J connectivity index is 0.00000162. The van der Waals surface area contributed by atoms with E-state index in [9.17, 15) is 0 Å². The topological polar surface area (TPSA) is 3.24 Å².